The van der Waals surface area contributed by atoms with Crippen LogP contribution in [0.4, 0.5) is 0 Å². The van der Waals surface area contributed by atoms with Gasteiger partial charge < -0.3 is 4.74 Å². The Kier molecular flexibility index (Phi) is 6.36. The highest BCUT2D eigenvalue weighted by Gasteiger charge is 2.05. The van der Waals surface area contributed by atoms with Crippen LogP contribution >= 0.6 is 0 Å². The van der Waals surface area contributed by atoms with Crippen LogP contribution in [-0.2, 0) is 11.2 Å². The van der Waals surface area contributed by atoms with Crippen LogP contribution in [0, 0.1) is 13.8 Å². The molecule has 2 N–H and O–H groups in total. The minimum atomic E-state index is 0.0459. The Balaban J connectivity index is 2.44. The molecule has 4 heteroatoms. The normalized spacial score (nSPS) is 10.3. The SMILES string of the molecule is CNNC(=O)CCCCc1cc(C)c(OC)c(C)c1. The monoisotopic (exact) mass is 264 g/mol. The lowest BCUT2D eigenvalue weighted by molar-refractivity contribution is -0.122. The maximum absolute atomic E-state index is 11.3. The molecular weight excluding hydrogens is 240 g/mol. The lowest BCUT2D eigenvalue weighted by Gasteiger charge is -2.11. The van der Waals surface area contributed by atoms with Crippen molar-refractivity contribution in [2.45, 2.75) is 39.5 Å². The molecular formula is C15H24N2O2. The Labute approximate surface area is 115 Å². The van der Waals surface area contributed by atoms with E-state index in [1.807, 2.05) is 0 Å². The third-order valence-corrected chi connectivity index (χ3v) is 3.11. The summed E-state index contributed by atoms with van der Waals surface area (Å²) in [5.41, 5.74) is 8.87. The molecule has 1 amide bonds. The summed E-state index contributed by atoms with van der Waals surface area (Å²) in [6.07, 6.45) is 3.48. The number of hydrogen-bond donors (Lipinski definition) is 2. The molecule has 0 heterocycles. The van der Waals surface area contributed by atoms with Gasteiger partial charge in [-0.1, -0.05) is 12.1 Å². The fourth-order valence-electron chi connectivity index (χ4n) is 2.32. The van der Waals surface area contributed by atoms with E-state index in [0.29, 0.717) is 6.42 Å². The number of carbonyl (C=O) groups excluding carboxylic acids is 1. The minimum absolute atomic E-state index is 0.0459. The van der Waals surface area contributed by atoms with Crippen molar-refractivity contribution in [2.24, 2.45) is 0 Å². The molecule has 0 aromatic heterocycles. The van der Waals surface area contributed by atoms with E-state index >= 15 is 0 Å². The van der Waals surface area contributed by atoms with Crippen LogP contribution in [0.2, 0.25) is 0 Å². The van der Waals surface area contributed by atoms with Gasteiger partial charge in [-0.15, -0.1) is 0 Å². The Morgan fingerprint density at radius 3 is 2.37 bits per heavy atom. The van der Waals surface area contributed by atoms with Crippen molar-refractivity contribution in [1.82, 2.24) is 10.9 Å². The van der Waals surface area contributed by atoms with E-state index in [-0.39, 0.29) is 5.91 Å². The number of methoxy groups -OCH3 is 1. The maximum atomic E-state index is 11.3. The second-order valence-corrected chi connectivity index (χ2v) is 4.77. The molecule has 0 bridgehead atoms. The van der Waals surface area contributed by atoms with Gasteiger partial charge in [-0.25, -0.2) is 5.43 Å². The summed E-state index contributed by atoms with van der Waals surface area (Å²) in [6.45, 7) is 4.13. The fraction of sp³-hybridized carbons (Fsp3) is 0.533. The predicted molar refractivity (Wildman–Crippen MR) is 77.2 cm³/mol. The largest absolute Gasteiger partial charge is 0.496 e. The molecule has 0 aliphatic heterocycles. The van der Waals surface area contributed by atoms with Crippen molar-refractivity contribution in [2.75, 3.05) is 14.2 Å². The summed E-state index contributed by atoms with van der Waals surface area (Å²) in [6, 6.07) is 4.33. The van der Waals surface area contributed by atoms with Crippen molar-refractivity contribution in [3.8, 4) is 5.75 Å². The van der Waals surface area contributed by atoms with Crippen molar-refractivity contribution in [3.05, 3.63) is 28.8 Å². The highest BCUT2D eigenvalue weighted by molar-refractivity contribution is 5.75. The molecule has 0 radical (unpaired) electrons. The number of ether oxygens (including phenoxy) is 1. The van der Waals surface area contributed by atoms with Crippen LogP contribution in [0.15, 0.2) is 12.1 Å². The topological polar surface area (TPSA) is 50.4 Å². The van der Waals surface area contributed by atoms with Gasteiger partial charge in [-0.2, -0.15) is 0 Å². The zero-order valence-electron chi connectivity index (χ0n) is 12.3. The summed E-state index contributed by atoms with van der Waals surface area (Å²) in [5.74, 6) is 1.02. The average Bonchev–Trinajstić information content (AvgIpc) is 2.35. The third kappa shape index (κ3) is 4.91. The molecule has 0 fully saturated rings. The number of aryl methyl sites for hydroxylation is 3. The molecule has 0 aliphatic rings. The molecule has 19 heavy (non-hydrogen) atoms. The minimum Gasteiger partial charge on any atom is -0.496 e. The van der Waals surface area contributed by atoms with Crippen molar-refractivity contribution < 1.29 is 9.53 Å². The summed E-state index contributed by atoms with van der Waals surface area (Å²) in [5, 5.41) is 0. The quantitative estimate of drug-likeness (QED) is 0.587. The van der Waals surface area contributed by atoms with E-state index in [1.54, 1.807) is 14.2 Å². The number of carbonyl (C=O) groups is 1. The van der Waals surface area contributed by atoms with Crippen LogP contribution in [-0.4, -0.2) is 20.1 Å². The van der Waals surface area contributed by atoms with Gasteiger partial charge in [0.2, 0.25) is 5.91 Å². The molecule has 4 nitrogen and oxygen atoms in total. The first-order valence-electron chi connectivity index (χ1n) is 6.68. The van der Waals surface area contributed by atoms with Crippen LogP contribution in [0.25, 0.3) is 0 Å². The third-order valence-electron chi connectivity index (χ3n) is 3.11. The smallest absolute Gasteiger partial charge is 0.234 e. The maximum Gasteiger partial charge on any atom is 0.234 e. The zero-order chi connectivity index (χ0) is 14.3. The van der Waals surface area contributed by atoms with Crippen LogP contribution in [0.3, 0.4) is 0 Å². The summed E-state index contributed by atoms with van der Waals surface area (Å²) in [4.78, 5) is 11.3. The van der Waals surface area contributed by atoms with Crippen LogP contribution in [0.1, 0.15) is 36.0 Å². The molecule has 0 unspecified atom stereocenters. The molecule has 0 saturated carbocycles. The average molecular weight is 264 g/mol. The van der Waals surface area contributed by atoms with Crippen LogP contribution < -0.4 is 15.6 Å². The zero-order valence-corrected chi connectivity index (χ0v) is 12.3. The molecule has 0 saturated heterocycles. The summed E-state index contributed by atoms with van der Waals surface area (Å²) in [7, 11) is 3.40. The van der Waals surface area contributed by atoms with E-state index < -0.39 is 0 Å². The Morgan fingerprint density at radius 1 is 1.21 bits per heavy atom. The van der Waals surface area contributed by atoms with Gasteiger partial charge in [0.1, 0.15) is 5.75 Å². The Hall–Kier alpha value is -1.55. The summed E-state index contributed by atoms with van der Waals surface area (Å²) >= 11 is 0. The van der Waals surface area contributed by atoms with E-state index in [9.17, 15) is 4.79 Å². The van der Waals surface area contributed by atoms with E-state index in [2.05, 4.69) is 36.8 Å². The lowest BCUT2D eigenvalue weighted by atomic mass is 10.0. The van der Waals surface area contributed by atoms with Gasteiger partial charge in [0.15, 0.2) is 0 Å². The lowest BCUT2D eigenvalue weighted by Crippen LogP contribution is -2.33. The molecule has 1 rings (SSSR count). The summed E-state index contributed by atoms with van der Waals surface area (Å²) < 4.78 is 5.35. The second kappa shape index (κ2) is 7.79. The number of nitrogens with one attached hydrogen (secondary N) is 2. The van der Waals surface area contributed by atoms with E-state index in [1.165, 1.54) is 16.7 Å². The molecule has 0 aliphatic carbocycles. The Bertz CT molecular complexity index is 407. The number of unbranched alkanes of at least 4 members (excludes halogenated alkanes) is 1. The van der Waals surface area contributed by atoms with E-state index in [0.717, 1.165) is 25.0 Å². The first kappa shape index (κ1) is 15.5. The molecule has 1 aromatic carbocycles. The molecule has 0 atom stereocenters. The van der Waals surface area contributed by atoms with Gasteiger partial charge in [0.05, 0.1) is 7.11 Å². The first-order chi connectivity index (χ1) is 9.08. The van der Waals surface area contributed by atoms with Gasteiger partial charge in [0, 0.05) is 13.5 Å². The first-order valence-corrected chi connectivity index (χ1v) is 6.68. The van der Waals surface area contributed by atoms with Crippen molar-refractivity contribution in [3.63, 3.8) is 0 Å². The molecule has 0 spiro atoms. The van der Waals surface area contributed by atoms with Gasteiger partial charge in [0.25, 0.3) is 0 Å². The highest BCUT2D eigenvalue weighted by Crippen LogP contribution is 2.25. The standard InChI is InChI=1S/C15H24N2O2/c1-11-9-13(10-12(2)15(11)19-4)7-5-6-8-14(18)17-16-3/h9-10,16H,5-8H2,1-4H3,(H,17,18). The van der Waals surface area contributed by atoms with Gasteiger partial charge >= 0.3 is 0 Å². The number of hydrogen-bond acceptors (Lipinski definition) is 3. The van der Waals surface area contributed by atoms with Gasteiger partial charge in [-0.3, -0.25) is 10.2 Å². The number of hydrazine groups is 1. The van der Waals surface area contributed by atoms with Gasteiger partial charge in [-0.05, 0) is 49.8 Å². The number of benzene rings is 1. The Morgan fingerprint density at radius 2 is 1.84 bits per heavy atom. The van der Waals surface area contributed by atoms with Crippen molar-refractivity contribution >= 4 is 5.91 Å². The predicted octanol–water partition coefficient (Wildman–Crippen LogP) is 2.28. The van der Waals surface area contributed by atoms with E-state index in [4.69, 9.17) is 4.74 Å². The van der Waals surface area contributed by atoms with Crippen LogP contribution in [0.5, 0.6) is 5.75 Å². The molecule has 1 aromatic rings. The molecule has 106 valence electrons. The van der Waals surface area contributed by atoms with Crippen molar-refractivity contribution in [1.29, 1.82) is 0 Å². The fourth-order valence-corrected chi connectivity index (χ4v) is 2.32. The highest BCUT2D eigenvalue weighted by atomic mass is 16.5. The number of amides is 1. The second-order valence-electron chi connectivity index (χ2n) is 4.77. The number of rotatable bonds is 7.